The predicted molar refractivity (Wildman–Crippen MR) is 67.1 cm³/mol. The van der Waals surface area contributed by atoms with Crippen LogP contribution in [-0.4, -0.2) is 9.97 Å². The molecule has 0 aliphatic carbocycles. The van der Waals surface area contributed by atoms with E-state index in [0.717, 1.165) is 16.9 Å². The summed E-state index contributed by atoms with van der Waals surface area (Å²) in [6.07, 6.45) is 3.47. The summed E-state index contributed by atoms with van der Waals surface area (Å²) in [5.74, 6) is 0. The van der Waals surface area contributed by atoms with Crippen LogP contribution in [0.2, 0.25) is 0 Å². The summed E-state index contributed by atoms with van der Waals surface area (Å²) >= 11 is 0. The van der Waals surface area contributed by atoms with E-state index >= 15 is 0 Å². The second kappa shape index (κ2) is 3.67. The number of aromatic nitrogens is 2. The zero-order valence-corrected chi connectivity index (χ0v) is 9.91. The molecule has 0 aliphatic rings. The number of benzene rings is 1. The van der Waals surface area contributed by atoms with Gasteiger partial charge in [0.05, 0.1) is 18.2 Å². The van der Waals surface area contributed by atoms with Crippen molar-refractivity contribution in [1.29, 1.82) is 0 Å². The van der Waals surface area contributed by atoms with Crippen LogP contribution in [0.3, 0.4) is 0 Å². The molecule has 1 heterocycles. The Morgan fingerprint density at radius 2 is 2.00 bits per heavy atom. The van der Waals surface area contributed by atoms with Crippen LogP contribution in [0.25, 0.3) is 11.3 Å². The Bertz CT molecular complexity index is 478. The van der Waals surface area contributed by atoms with Gasteiger partial charge in [0, 0.05) is 11.3 Å². The van der Waals surface area contributed by atoms with E-state index in [1.54, 1.807) is 12.5 Å². The maximum atomic E-state index is 6.08. The molecule has 1 aromatic heterocycles. The van der Waals surface area contributed by atoms with Gasteiger partial charge in [0.2, 0.25) is 0 Å². The minimum Gasteiger partial charge on any atom is -0.398 e. The molecule has 0 saturated carbocycles. The van der Waals surface area contributed by atoms with Gasteiger partial charge in [-0.2, -0.15) is 0 Å². The zero-order valence-electron chi connectivity index (χ0n) is 9.91. The average Bonchev–Trinajstić information content (AvgIpc) is 2.68. The van der Waals surface area contributed by atoms with Crippen molar-refractivity contribution in [2.24, 2.45) is 0 Å². The highest BCUT2D eigenvalue weighted by molar-refractivity contribution is 5.66. The first kappa shape index (κ1) is 10.7. The number of nitrogens with two attached hydrogens (primary N) is 1. The van der Waals surface area contributed by atoms with Crippen LogP contribution < -0.4 is 5.73 Å². The normalized spacial score (nSPS) is 11.7. The van der Waals surface area contributed by atoms with Crippen molar-refractivity contribution in [1.82, 2.24) is 9.97 Å². The first-order valence-electron chi connectivity index (χ1n) is 5.37. The third kappa shape index (κ3) is 1.94. The molecule has 2 rings (SSSR count). The second-order valence-electron chi connectivity index (χ2n) is 5.02. The van der Waals surface area contributed by atoms with Crippen molar-refractivity contribution in [3.05, 3.63) is 36.3 Å². The molecule has 0 radical (unpaired) electrons. The van der Waals surface area contributed by atoms with E-state index in [0.29, 0.717) is 0 Å². The van der Waals surface area contributed by atoms with Gasteiger partial charge in [0.25, 0.3) is 0 Å². The van der Waals surface area contributed by atoms with Crippen LogP contribution in [0.15, 0.2) is 30.7 Å². The number of hydrogen-bond donors (Lipinski definition) is 2. The molecule has 16 heavy (non-hydrogen) atoms. The number of rotatable bonds is 1. The second-order valence-corrected chi connectivity index (χ2v) is 5.02. The lowest BCUT2D eigenvalue weighted by Crippen LogP contribution is -2.13. The first-order valence-corrected chi connectivity index (χ1v) is 5.37. The molecule has 0 bridgehead atoms. The van der Waals surface area contributed by atoms with Crippen molar-refractivity contribution in [3.63, 3.8) is 0 Å². The molecular formula is C13H17N3. The van der Waals surface area contributed by atoms with Crippen LogP contribution in [-0.2, 0) is 5.41 Å². The summed E-state index contributed by atoms with van der Waals surface area (Å²) in [6.45, 7) is 6.48. The number of aromatic amines is 1. The van der Waals surface area contributed by atoms with E-state index in [1.807, 2.05) is 6.07 Å². The third-order valence-electron chi connectivity index (χ3n) is 2.67. The van der Waals surface area contributed by atoms with Crippen molar-refractivity contribution in [2.75, 3.05) is 5.73 Å². The number of imidazole rings is 1. The van der Waals surface area contributed by atoms with E-state index in [4.69, 9.17) is 5.73 Å². The fraction of sp³-hybridized carbons (Fsp3) is 0.308. The number of H-pyrrole nitrogens is 1. The van der Waals surface area contributed by atoms with Crippen LogP contribution in [0.4, 0.5) is 5.69 Å². The number of nitrogens with one attached hydrogen (secondary N) is 1. The molecule has 0 atom stereocenters. The monoisotopic (exact) mass is 215 g/mol. The summed E-state index contributed by atoms with van der Waals surface area (Å²) in [7, 11) is 0. The predicted octanol–water partition coefficient (Wildman–Crippen LogP) is 2.96. The Hall–Kier alpha value is -1.77. The third-order valence-corrected chi connectivity index (χ3v) is 2.67. The average molecular weight is 215 g/mol. The lowest BCUT2D eigenvalue weighted by molar-refractivity contribution is 0.592. The van der Waals surface area contributed by atoms with E-state index < -0.39 is 0 Å². The lowest BCUT2D eigenvalue weighted by Gasteiger charge is -2.21. The van der Waals surface area contributed by atoms with Gasteiger partial charge in [-0.15, -0.1) is 0 Å². The van der Waals surface area contributed by atoms with E-state index in [-0.39, 0.29) is 5.41 Å². The molecule has 0 aliphatic heterocycles. The van der Waals surface area contributed by atoms with Crippen LogP contribution in [0.5, 0.6) is 0 Å². The Balaban J connectivity index is 2.45. The van der Waals surface area contributed by atoms with Gasteiger partial charge in [0.1, 0.15) is 0 Å². The molecule has 3 N–H and O–H groups in total. The number of anilines is 1. The zero-order chi connectivity index (χ0) is 11.8. The van der Waals surface area contributed by atoms with Gasteiger partial charge in [0.15, 0.2) is 0 Å². The molecular weight excluding hydrogens is 198 g/mol. The Kier molecular flexibility index (Phi) is 2.46. The van der Waals surface area contributed by atoms with E-state index in [1.165, 1.54) is 5.56 Å². The standard InChI is InChI=1S/C13H17N3/c1-13(2,3)10-5-4-9(6-11(10)14)12-7-15-8-16-12/h4-8H,14H2,1-3H3,(H,15,16). The molecule has 0 spiro atoms. The highest BCUT2D eigenvalue weighted by Crippen LogP contribution is 2.30. The van der Waals surface area contributed by atoms with E-state index in [9.17, 15) is 0 Å². The molecule has 0 saturated heterocycles. The fourth-order valence-electron chi connectivity index (χ4n) is 1.83. The van der Waals surface area contributed by atoms with Crippen LogP contribution in [0.1, 0.15) is 26.3 Å². The number of nitrogen functional groups attached to an aromatic ring is 1. The van der Waals surface area contributed by atoms with Gasteiger partial charge in [-0.25, -0.2) is 4.98 Å². The van der Waals surface area contributed by atoms with Gasteiger partial charge in [-0.05, 0) is 17.0 Å². The molecule has 3 nitrogen and oxygen atoms in total. The minimum atomic E-state index is 0.0800. The highest BCUT2D eigenvalue weighted by atomic mass is 14.9. The molecule has 0 fully saturated rings. The van der Waals surface area contributed by atoms with Crippen LogP contribution in [0, 0.1) is 0 Å². The molecule has 3 heteroatoms. The molecule has 0 unspecified atom stereocenters. The fourth-order valence-corrected chi connectivity index (χ4v) is 1.83. The molecule has 0 amide bonds. The Morgan fingerprint density at radius 3 is 2.50 bits per heavy atom. The van der Waals surface area contributed by atoms with Crippen LogP contribution >= 0.6 is 0 Å². The topological polar surface area (TPSA) is 54.7 Å². The number of hydrogen-bond acceptors (Lipinski definition) is 2. The van der Waals surface area contributed by atoms with Gasteiger partial charge >= 0.3 is 0 Å². The van der Waals surface area contributed by atoms with Crippen molar-refractivity contribution >= 4 is 5.69 Å². The van der Waals surface area contributed by atoms with E-state index in [2.05, 4.69) is 42.9 Å². The van der Waals surface area contributed by atoms with Crippen molar-refractivity contribution in [2.45, 2.75) is 26.2 Å². The van der Waals surface area contributed by atoms with Crippen molar-refractivity contribution in [3.8, 4) is 11.3 Å². The summed E-state index contributed by atoms with van der Waals surface area (Å²) in [6, 6.07) is 6.16. The van der Waals surface area contributed by atoms with Crippen molar-refractivity contribution < 1.29 is 0 Å². The summed E-state index contributed by atoms with van der Waals surface area (Å²) in [4.78, 5) is 7.08. The first-order chi connectivity index (χ1) is 7.48. The Labute approximate surface area is 95.7 Å². The summed E-state index contributed by atoms with van der Waals surface area (Å²) in [5, 5.41) is 0. The quantitative estimate of drug-likeness (QED) is 0.718. The Morgan fingerprint density at radius 1 is 1.25 bits per heavy atom. The maximum Gasteiger partial charge on any atom is 0.0924 e. The SMILES string of the molecule is CC(C)(C)c1ccc(-c2cnc[nH]2)cc1N. The smallest absolute Gasteiger partial charge is 0.0924 e. The molecule has 1 aromatic carbocycles. The molecule has 2 aromatic rings. The van der Waals surface area contributed by atoms with Gasteiger partial charge < -0.3 is 10.7 Å². The lowest BCUT2D eigenvalue weighted by atomic mass is 9.85. The van der Waals surface area contributed by atoms with Gasteiger partial charge in [-0.1, -0.05) is 32.9 Å². The summed E-state index contributed by atoms with van der Waals surface area (Å²) in [5.41, 5.74) is 10.2. The highest BCUT2D eigenvalue weighted by Gasteiger charge is 2.17. The maximum absolute atomic E-state index is 6.08. The number of nitrogens with zero attached hydrogens (tertiary/aromatic N) is 1. The van der Waals surface area contributed by atoms with Gasteiger partial charge in [-0.3, -0.25) is 0 Å². The summed E-state index contributed by atoms with van der Waals surface area (Å²) < 4.78 is 0. The molecule has 84 valence electrons. The largest absolute Gasteiger partial charge is 0.398 e. The minimum absolute atomic E-state index is 0.0800.